The zero-order valence-corrected chi connectivity index (χ0v) is 17.8. The predicted molar refractivity (Wildman–Crippen MR) is 109 cm³/mol. The average Bonchev–Trinajstić information content (AvgIpc) is 3.26. The fourth-order valence-corrected chi connectivity index (χ4v) is 4.53. The van der Waals surface area contributed by atoms with Crippen LogP contribution in [0.3, 0.4) is 0 Å². The smallest absolute Gasteiger partial charge is 0.254 e. The van der Waals surface area contributed by atoms with Crippen LogP contribution in [0.5, 0.6) is 0 Å². The molecule has 0 bridgehead atoms. The summed E-state index contributed by atoms with van der Waals surface area (Å²) in [5.41, 5.74) is 0.557. The van der Waals surface area contributed by atoms with Crippen molar-refractivity contribution >= 4 is 35.0 Å². The number of carbonyl (C=O) groups is 1. The van der Waals surface area contributed by atoms with Crippen LogP contribution in [-0.2, 0) is 11.8 Å². The van der Waals surface area contributed by atoms with Gasteiger partial charge in [-0.25, -0.2) is 13.8 Å². The highest BCUT2D eigenvalue weighted by molar-refractivity contribution is 6.32. The van der Waals surface area contributed by atoms with Crippen LogP contribution in [0, 0.1) is 11.3 Å². The number of hydrogen-bond donors (Lipinski definition) is 1. The van der Waals surface area contributed by atoms with E-state index in [1.54, 1.807) is 22.0 Å². The number of nitrogens with zero attached hydrogens (tertiary/aromatic N) is 6. The second-order valence-corrected chi connectivity index (χ2v) is 9.05. The Morgan fingerprint density at radius 1 is 1.37 bits per heavy atom. The topological polar surface area (TPSA) is 79.2 Å². The van der Waals surface area contributed by atoms with Crippen LogP contribution in [0.25, 0.3) is 0 Å². The minimum Gasteiger partial charge on any atom is -0.354 e. The zero-order valence-electron chi connectivity index (χ0n) is 17.1. The third kappa shape index (κ3) is 4.19. The Balaban J connectivity index is 1.46. The lowest BCUT2D eigenvalue weighted by Gasteiger charge is -2.27. The molecule has 2 aliphatic rings. The van der Waals surface area contributed by atoms with Gasteiger partial charge < -0.3 is 15.1 Å². The minimum absolute atomic E-state index is 0.160. The molecule has 2 atom stereocenters. The monoisotopic (exact) mass is 439 g/mol. The third-order valence-electron chi connectivity index (χ3n) is 5.77. The predicted octanol–water partition coefficient (Wildman–Crippen LogP) is 2.94. The van der Waals surface area contributed by atoms with Gasteiger partial charge in [-0.15, -0.1) is 0 Å². The summed E-state index contributed by atoms with van der Waals surface area (Å²) >= 11 is 6.38. The van der Waals surface area contributed by atoms with E-state index >= 15 is 0 Å². The number of amides is 1. The molecule has 0 spiro atoms. The number of alkyl halides is 2. The summed E-state index contributed by atoms with van der Waals surface area (Å²) in [5, 5.41) is 7.65. The normalized spacial score (nSPS) is 23.7. The van der Waals surface area contributed by atoms with Crippen molar-refractivity contribution < 1.29 is 13.6 Å². The van der Waals surface area contributed by atoms with Crippen molar-refractivity contribution in [1.82, 2.24) is 24.6 Å². The van der Waals surface area contributed by atoms with Crippen molar-refractivity contribution in [1.29, 1.82) is 0 Å². The number of rotatable bonds is 5. The van der Waals surface area contributed by atoms with Gasteiger partial charge in [-0.3, -0.25) is 9.48 Å². The Labute approximate surface area is 178 Å². The van der Waals surface area contributed by atoms with Crippen molar-refractivity contribution in [2.45, 2.75) is 26.2 Å². The highest BCUT2D eigenvalue weighted by atomic mass is 35.5. The molecule has 162 valence electrons. The van der Waals surface area contributed by atoms with E-state index in [-0.39, 0.29) is 11.3 Å². The van der Waals surface area contributed by atoms with E-state index in [4.69, 9.17) is 11.6 Å². The maximum absolute atomic E-state index is 13.2. The number of aromatic nitrogens is 4. The second-order valence-electron chi connectivity index (χ2n) is 8.65. The average molecular weight is 440 g/mol. The molecule has 1 N–H and O–H groups in total. The molecule has 30 heavy (non-hydrogen) atoms. The Morgan fingerprint density at radius 2 is 2.13 bits per heavy atom. The van der Waals surface area contributed by atoms with Crippen LogP contribution in [0.2, 0.25) is 5.02 Å². The molecule has 2 aromatic heterocycles. The SMILES string of the molecule is Cn1cc(Nc2ncc(Cl)c(N3C[C@@H]4CN(C(=O)CC(C)(F)F)C[C@]4(C)C3)n2)cn1. The number of carbonyl (C=O) groups excluding carboxylic acids is 1. The quantitative estimate of drug-likeness (QED) is 0.771. The van der Waals surface area contributed by atoms with Gasteiger partial charge in [0.05, 0.1) is 24.5 Å². The Kier molecular flexibility index (Phi) is 5.08. The molecule has 0 aromatic carbocycles. The molecule has 0 unspecified atom stereocenters. The molecule has 2 aromatic rings. The standard InChI is InChI=1S/C19H24ClF2N7O/c1-18-10-28(15(30)4-19(2,21)22)7-12(18)8-29(11-18)16-14(20)6-23-17(26-16)25-13-5-24-27(3)9-13/h5-6,9,12H,4,7-8,10-11H2,1-3H3,(H,23,25,26)/t12-,18+/m0/s1. The fourth-order valence-electron chi connectivity index (χ4n) is 4.32. The van der Waals surface area contributed by atoms with E-state index in [1.165, 1.54) is 0 Å². The lowest BCUT2D eigenvalue weighted by molar-refractivity contribution is -0.137. The number of fused-ring (bicyclic) bond motifs is 1. The van der Waals surface area contributed by atoms with Gasteiger partial charge in [-0.1, -0.05) is 18.5 Å². The first-order valence-electron chi connectivity index (χ1n) is 9.71. The molecular weight excluding hydrogens is 416 g/mol. The lowest BCUT2D eigenvalue weighted by atomic mass is 9.83. The summed E-state index contributed by atoms with van der Waals surface area (Å²) in [4.78, 5) is 24.7. The number of halogens is 3. The summed E-state index contributed by atoms with van der Waals surface area (Å²) in [6, 6.07) is 0. The molecule has 0 radical (unpaired) electrons. The van der Waals surface area contributed by atoms with Crippen molar-refractivity contribution in [3.8, 4) is 0 Å². The highest BCUT2D eigenvalue weighted by Crippen LogP contribution is 2.44. The first-order chi connectivity index (χ1) is 14.0. The molecule has 4 rings (SSSR count). The van der Waals surface area contributed by atoms with Gasteiger partial charge in [0.15, 0.2) is 5.82 Å². The molecule has 2 aliphatic heterocycles. The molecule has 8 nitrogen and oxygen atoms in total. The number of likely N-dealkylation sites (tertiary alicyclic amines) is 1. The fraction of sp³-hybridized carbons (Fsp3) is 0.579. The molecule has 4 heterocycles. The first kappa shape index (κ1) is 20.8. The summed E-state index contributed by atoms with van der Waals surface area (Å²) in [6.07, 6.45) is 4.29. The van der Waals surface area contributed by atoms with Crippen molar-refractivity contribution in [3.63, 3.8) is 0 Å². The van der Waals surface area contributed by atoms with E-state index in [2.05, 4.69) is 32.2 Å². The molecule has 11 heteroatoms. The maximum Gasteiger partial charge on any atom is 0.254 e. The summed E-state index contributed by atoms with van der Waals surface area (Å²) < 4.78 is 28.1. The van der Waals surface area contributed by atoms with Crippen LogP contribution >= 0.6 is 11.6 Å². The number of nitrogens with one attached hydrogen (secondary N) is 1. The maximum atomic E-state index is 13.2. The molecule has 2 saturated heterocycles. The Bertz CT molecular complexity index is 963. The Morgan fingerprint density at radius 3 is 2.77 bits per heavy atom. The van der Waals surface area contributed by atoms with Gasteiger partial charge in [0.1, 0.15) is 5.02 Å². The van der Waals surface area contributed by atoms with Crippen LogP contribution in [-0.4, -0.2) is 62.7 Å². The summed E-state index contributed by atoms with van der Waals surface area (Å²) in [7, 11) is 1.82. The number of aryl methyl sites for hydroxylation is 1. The van der Waals surface area contributed by atoms with Gasteiger partial charge >= 0.3 is 0 Å². The van der Waals surface area contributed by atoms with Gasteiger partial charge in [-0.2, -0.15) is 10.1 Å². The largest absolute Gasteiger partial charge is 0.354 e. The van der Waals surface area contributed by atoms with Crippen LogP contribution in [0.1, 0.15) is 20.3 Å². The van der Waals surface area contributed by atoms with Gasteiger partial charge in [0.2, 0.25) is 11.9 Å². The van der Waals surface area contributed by atoms with Crippen molar-refractivity contribution in [2.24, 2.45) is 18.4 Å². The van der Waals surface area contributed by atoms with Crippen LogP contribution in [0.4, 0.5) is 26.2 Å². The first-order valence-corrected chi connectivity index (χ1v) is 10.1. The van der Waals surface area contributed by atoms with E-state index in [0.29, 0.717) is 43.0 Å². The van der Waals surface area contributed by atoms with Gasteiger partial charge in [0, 0.05) is 50.8 Å². The molecule has 2 fully saturated rings. The van der Waals surface area contributed by atoms with E-state index < -0.39 is 18.3 Å². The minimum atomic E-state index is -2.99. The van der Waals surface area contributed by atoms with Crippen LogP contribution < -0.4 is 10.2 Å². The van der Waals surface area contributed by atoms with E-state index in [0.717, 1.165) is 12.6 Å². The Hall–Kier alpha value is -2.49. The molecule has 0 aliphatic carbocycles. The van der Waals surface area contributed by atoms with Crippen LogP contribution in [0.15, 0.2) is 18.6 Å². The van der Waals surface area contributed by atoms with E-state index in [9.17, 15) is 13.6 Å². The molecule has 1 amide bonds. The second kappa shape index (κ2) is 7.33. The number of anilines is 3. The number of hydrogen-bond acceptors (Lipinski definition) is 6. The van der Waals surface area contributed by atoms with Gasteiger partial charge in [-0.05, 0) is 6.92 Å². The third-order valence-corrected chi connectivity index (χ3v) is 6.04. The van der Waals surface area contributed by atoms with Crippen molar-refractivity contribution in [2.75, 3.05) is 36.4 Å². The summed E-state index contributed by atoms with van der Waals surface area (Å²) in [6.45, 7) is 5.05. The highest BCUT2D eigenvalue weighted by Gasteiger charge is 2.51. The molecular formula is C19H24ClF2N7O. The molecule has 0 saturated carbocycles. The van der Waals surface area contributed by atoms with Gasteiger partial charge in [0.25, 0.3) is 5.92 Å². The van der Waals surface area contributed by atoms with Crippen molar-refractivity contribution in [3.05, 3.63) is 23.6 Å². The lowest BCUT2D eigenvalue weighted by Crippen LogP contribution is -2.37. The van der Waals surface area contributed by atoms with E-state index in [1.807, 2.05) is 13.2 Å². The summed E-state index contributed by atoms with van der Waals surface area (Å²) in [5.74, 6) is -2.30. The zero-order chi connectivity index (χ0) is 21.7.